The number of urea groups is 1. The van der Waals surface area contributed by atoms with Gasteiger partial charge in [0, 0.05) is 58.3 Å². The minimum Gasteiger partial charge on any atom is -0.496 e. The molecule has 294 valence electrons. The molecular weight excluding hydrogens is 761 g/mol. The average molecular weight is 807 g/mol. The Morgan fingerprint density at radius 1 is 0.825 bits per heavy atom. The third-order valence-electron chi connectivity index (χ3n) is 11.0. The van der Waals surface area contributed by atoms with Gasteiger partial charge >= 0.3 is 12.0 Å². The summed E-state index contributed by atoms with van der Waals surface area (Å²) in [6.07, 6.45) is 4.84. The predicted molar refractivity (Wildman–Crippen MR) is 225 cm³/mol. The Bertz CT molecular complexity index is 2390. The number of methoxy groups -OCH3 is 2. The molecule has 12 heteroatoms. The van der Waals surface area contributed by atoms with Crippen LogP contribution in [0, 0.1) is 5.92 Å². The number of nitrogens with one attached hydrogen (secondary N) is 1. The quantitative estimate of drug-likeness (QED) is 0.0999. The maximum absolute atomic E-state index is 11.7. The number of hydrogen-bond acceptors (Lipinski definition) is 6. The van der Waals surface area contributed by atoms with Crippen molar-refractivity contribution in [2.45, 2.75) is 57.9 Å². The number of aliphatic carboxylic acids is 1. The second kappa shape index (κ2) is 17.7. The number of halogens is 2. The minimum atomic E-state index is -0.705. The zero-order valence-electron chi connectivity index (χ0n) is 31.9. The number of amides is 2. The molecule has 0 aliphatic heterocycles. The van der Waals surface area contributed by atoms with E-state index in [1.165, 1.54) is 5.56 Å². The summed E-state index contributed by atoms with van der Waals surface area (Å²) in [6.45, 7) is 2.00. The first-order valence-corrected chi connectivity index (χ1v) is 19.7. The highest BCUT2D eigenvalue weighted by Crippen LogP contribution is 2.41. The number of fused-ring (bicyclic) bond motifs is 1. The molecule has 5 aromatic carbocycles. The Morgan fingerprint density at radius 2 is 1.53 bits per heavy atom. The van der Waals surface area contributed by atoms with Gasteiger partial charge in [-0.1, -0.05) is 96.0 Å². The summed E-state index contributed by atoms with van der Waals surface area (Å²) in [4.78, 5) is 25.4. The zero-order valence-corrected chi connectivity index (χ0v) is 33.4. The SMILES string of the molecule is COc1cc(-c2cccc(-c3cccc4c3cnn4Cc3cc(OC)c(CN(Cc4ccccc4)C4CCC(C(=O)O)CC4)cc3Cl)c2Cl)ccc1CNC(N)=O. The number of primary amides is 1. The van der Waals surface area contributed by atoms with E-state index < -0.39 is 12.0 Å². The van der Waals surface area contributed by atoms with Gasteiger partial charge in [-0.25, -0.2) is 4.79 Å². The predicted octanol–water partition coefficient (Wildman–Crippen LogP) is 9.56. The first-order chi connectivity index (χ1) is 27.6. The number of carboxylic acid groups (broad SMARTS) is 1. The Balaban J connectivity index is 1.15. The van der Waals surface area contributed by atoms with Crippen LogP contribution < -0.4 is 20.5 Å². The number of nitrogens with zero attached hydrogens (tertiary/aromatic N) is 3. The Morgan fingerprint density at radius 3 is 2.25 bits per heavy atom. The summed E-state index contributed by atoms with van der Waals surface area (Å²) in [5.74, 6) is 0.358. The molecule has 4 N–H and O–H groups in total. The van der Waals surface area contributed by atoms with Crippen molar-refractivity contribution >= 4 is 46.1 Å². The molecule has 0 atom stereocenters. The van der Waals surface area contributed by atoms with Gasteiger partial charge in [0.05, 0.1) is 43.4 Å². The molecule has 0 unspecified atom stereocenters. The Kier molecular flexibility index (Phi) is 12.3. The lowest BCUT2D eigenvalue weighted by Gasteiger charge is -2.36. The van der Waals surface area contributed by atoms with Gasteiger partial charge in [-0.2, -0.15) is 5.10 Å². The maximum atomic E-state index is 11.7. The van der Waals surface area contributed by atoms with E-state index in [1.807, 2.05) is 95.8 Å². The maximum Gasteiger partial charge on any atom is 0.312 e. The van der Waals surface area contributed by atoms with Crippen LogP contribution in [0.15, 0.2) is 103 Å². The van der Waals surface area contributed by atoms with Crippen molar-refractivity contribution < 1.29 is 24.2 Å². The highest BCUT2D eigenvalue weighted by atomic mass is 35.5. The molecular formula is C45H45Cl2N5O5. The summed E-state index contributed by atoms with van der Waals surface area (Å²) < 4.78 is 13.5. The fraction of sp³-hybridized carbons (Fsp3) is 0.267. The van der Waals surface area contributed by atoms with Crippen LogP contribution in [0.4, 0.5) is 4.79 Å². The fourth-order valence-corrected chi connectivity index (χ4v) is 8.52. The largest absolute Gasteiger partial charge is 0.496 e. The van der Waals surface area contributed by atoms with Crippen molar-refractivity contribution in [1.82, 2.24) is 20.0 Å². The van der Waals surface area contributed by atoms with E-state index in [2.05, 4.69) is 22.3 Å². The van der Waals surface area contributed by atoms with Crippen LogP contribution in [0.3, 0.4) is 0 Å². The van der Waals surface area contributed by atoms with Crippen LogP contribution in [0.5, 0.6) is 11.5 Å². The molecule has 1 fully saturated rings. The molecule has 6 aromatic rings. The normalized spacial score (nSPS) is 15.5. The molecule has 0 radical (unpaired) electrons. The van der Waals surface area contributed by atoms with Gasteiger partial charge in [-0.3, -0.25) is 14.4 Å². The first kappa shape index (κ1) is 39.7. The molecule has 1 heterocycles. The number of rotatable bonds is 14. The monoisotopic (exact) mass is 805 g/mol. The summed E-state index contributed by atoms with van der Waals surface area (Å²) in [6, 6.07) is 31.7. The van der Waals surface area contributed by atoms with E-state index in [0.29, 0.717) is 41.7 Å². The second-order valence-electron chi connectivity index (χ2n) is 14.4. The first-order valence-electron chi connectivity index (χ1n) is 18.9. The number of carbonyl (C=O) groups is 2. The molecule has 1 saturated carbocycles. The highest BCUT2D eigenvalue weighted by molar-refractivity contribution is 6.36. The van der Waals surface area contributed by atoms with Crippen molar-refractivity contribution in [2.75, 3.05) is 14.2 Å². The van der Waals surface area contributed by atoms with Crippen LogP contribution in [-0.2, 0) is 31.0 Å². The number of aromatic nitrogens is 2. The molecule has 2 amide bonds. The van der Waals surface area contributed by atoms with Crippen LogP contribution in [0.1, 0.15) is 47.9 Å². The smallest absolute Gasteiger partial charge is 0.312 e. The van der Waals surface area contributed by atoms with E-state index in [-0.39, 0.29) is 18.5 Å². The van der Waals surface area contributed by atoms with E-state index >= 15 is 0 Å². The van der Waals surface area contributed by atoms with Crippen LogP contribution >= 0.6 is 23.2 Å². The van der Waals surface area contributed by atoms with Crippen molar-refractivity contribution in [3.05, 3.63) is 136 Å². The zero-order chi connectivity index (χ0) is 40.1. The Labute approximate surface area is 342 Å². The van der Waals surface area contributed by atoms with Gasteiger partial charge in [0.15, 0.2) is 0 Å². The van der Waals surface area contributed by atoms with E-state index in [4.69, 9.17) is 43.5 Å². The summed E-state index contributed by atoms with van der Waals surface area (Å²) in [5.41, 5.74) is 13.5. The molecule has 1 aliphatic rings. The molecule has 10 nitrogen and oxygen atoms in total. The van der Waals surface area contributed by atoms with E-state index in [0.717, 1.165) is 75.0 Å². The number of ether oxygens (including phenoxy) is 2. The lowest BCUT2D eigenvalue weighted by molar-refractivity contribution is -0.143. The number of carbonyl (C=O) groups excluding carboxylic acids is 1. The van der Waals surface area contributed by atoms with E-state index in [9.17, 15) is 14.7 Å². The fourth-order valence-electron chi connectivity index (χ4n) is 7.94. The average Bonchev–Trinajstić information content (AvgIpc) is 3.64. The number of benzene rings is 5. The molecule has 0 saturated heterocycles. The summed E-state index contributed by atoms with van der Waals surface area (Å²) >= 11 is 14.2. The van der Waals surface area contributed by atoms with Gasteiger partial charge in [0.25, 0.3) is 0 Å². The van der Waals surface area contributed by atoms with Crippen LogP contribution in [-0.4, -0.2) is 52.0 Å². The molecule has 0 spiro atoms. The van der Waals surface area contributed by atoms with Gasteiger partial charge in [0.1, 0.15) is 11.5 Å². The number of carboxylic acids is 1. The molecule has 0 bridgehead atoms. The standard InChI is InChI=1S/C45H45Cl2N5O5/c1-56-41-21-30(14-15-31(41)23-49-45(48)55)35-10-6-12-37(43(35)47)36-11-7-13-40-38(36)24-50-52(40)27-32-22-42(57-2)33(20-39(32)46)26-51(25-28-8-4-3-5-9-28)34-18-16-29(17-19-34)44(53)54/h3-15,20-22,24,29,34H,16-19,23,25-27H2,1-2H3,(H,53,54)(H3,48,49,55). The third kappa shape index (κ3) is 8.89. The second-order valence-corrected chi connectivity index (χ2v) is 15.2. The minimum absolute atomic E-state index is 0.239. The van der Waals surface area contributed by atoms with E-state index in [1.54, 1.807) is 14.2 Å². The van der Waals surface area contributed by atoms with Gasteiger partial charge < -0.3 is 25.6 Å². The lowest BCUT2D eigenvalue weighted by atomic mass is 9.85. The summed E-state index contributed by atoms with van der Waals surface area (Å²) in [5, 5.41) is 19.2. The summed E-state index contributed by atoms with van der Waals surface area (Å²) in [7, 11) is 3.26. The van der Waals surface area contributed by atoms with Gasteiger partial charge in [-0.15, -0.1) is 0 Å². The Hall–Kier alpha value is -5.55. The number of nitrogens with two attached hydrogens (primary N) is 1. The molecule has 1 aliphatic carbocycles. The van der Waals surface area contributed by atoms with Gasteiger partial charge in [0.2, 0.25) is 0 Å². The van der Waals surface area contributed by atoms with Gasteiger partial charge in [-0.05, 0) is 72.2 Å². The molecule has 7 rings (SSSR count). The number of hydrogen-bond donors (Lipinski definition) is 3. The third-order valence-corrected chi connectivity index (χ3v) is 11.7. The highest BCUT2D eigenvalue weighted by Gasteiger charge is 2.30. The topological polar surface area (TPSA) is 132 Å². The molecule has 1 aromatic heterocycles. The van der Waals surface area contributed by atoms with Crippen LogP contribution in [0.25, 0.3) is 33.2 Å². The van der Waals surface area contributed by atoms with Crippen molar-refractivity contribution in [3.8, 4) is 33.8 Å². The lowest BCUT2D eigenvalue weighted by Crippen LogP contribution is -2.38. The van der Waals surface area contributed by atoms with Crippen molar-refractivity contribution in [3.63, 3.8) is 0 Å². The van der Waals surface area contributed by atoms with Crippen molar-refractivity contribution in [2.24, 2.45) is 11.7 Å². The van der Waals surface area contributed by atoms with Crippen LogP contribution in [0.2, 0.25) is 10.0 Å². The molecule has 57 heavy (non-hydrogen) atoms. The van der Waals surface area contributed by atoms with Crippen molar-refractivity contribution in [1.29, 1.82) is 0 Å².